The molecular weight excluding hydrogens is 322 g/mol. The number of fused-ring (bicyclic) bond motifs is 1. The van der Waals surface area contributed by atoms with Crippen LogP contribution in [0.3, 0.4) is 0 Å². The Kier molecular flexibility index (Phi) is 5.35. The first-order valence-electron chi connectivity index (χ1n) is 9.27. The zero-order valence-electron chi connectivity index (χ0n) is 16.1. The lowest BCUT2D eigenvalue weighted by Gasteiger charge is -2.20. The van der Waals surface area contributed by atoms with E-state index in [0.717, 1.165) is 52.9 Å². The van der Waals surface area contributed by atoms with Crippen LogP contribution in [-0.4, -0.2) is 19.5 Å². The van der Waals surface area contributed by atoms with Gasteiger partial charge in [0.05, 0.1) is 0 Å². The van der Waals surface area contributed by atoms with Gasteiger partial charge in [-0.2, -0.15) is 4.98 Å². The van der Waals surface area contributed by atoms with E-state index in [4.69, 9.17) is 4.98 Å². The molecule has 0 spiro atoms. The first-order chi connectivity index (χ1) is 12.5. The monoisotopic (exact) mass is 349 g/mol. The number of nitrogens with zero attached hydrogens (tertiary/aromatic N) is 4. The van der Waals surface area contributed by atoms with Gasteiger partial charge in [-0.25, -0.2) is 9.97 Å². The Hall–Kier alpha value is -2.69. The van der Waals surface area contributed by atoms with E-state index in [1.807, 2.05) is 38.4 Å². The maximum atomic E-state index is 4.81. The second-order valence-electron chi connectivity index (χ2n) is 6.85. The molecule has 0 aromatic carbocycles. The van der Waals surface area contributed by atoms with Crippen LogP contribution in [0.15, 0.2) is 37.2 Å². The van der Waals surface area contributed by atoms with E-state index in [9.17, 15) is 0 Å². The molecule has 5 heteroatoms. The maximum Gasteiger partial charge on any atom is 0.230 e. The Morgan fingerprint density at radius 1 is 1.23 bits per heavy atom. The van der Waals surface area contributed by atoms with Crippen molar-refractivity contribution in [2.45, 2.75) is 53.0 Å². The van der Waals surface area contributed by atoms with E-state index >= 15 is 0 Å². The number of hydrogen-bond donors (Lipinski definition) is 1. The van der Waals surface area contributed by atoms with E-state index in [-0.39, 0.29) is 0 Å². The van der Waals surface area contributed by atoms with Gasteiger partial charge >= 0.3 is 0 Å². The van der Waals surface area contributed by atoms with Gasteiger partial charge in [0.2, 0.25) is 5.95 Å². The second-order valence-corrected chi connectivity index (χ2v) is 6.85. The number of pyridine rings is 1. The lowest BCUT2D eigenvalue weighted by Crippen LogP contribution is -2.11. The number of rotatable bonds is 7. The van der Waals surface area contributed by atoms with Gasteiger partial charge in [-0.05, 0) is 50.0 Å². The summed E-state index contributed by atoms with van der Waals surface area (Å²) < 4.78 is 2.33. The van der Waals surface area contributed by atoms with E-state index < -0.39 is 0 Å². The zero-order chi connectivity index (χ0) is 18.7. The number of hydrogen-bond acceptors (Lipinski definition) is 4. The quantitative estimate of drug-likeness (QED) is 0.598. The van der Waals surface area contributed by atoms with Crippen molar-refractivity contribution >= 4 is 28.4 Å². The minimum absolute atomic E-state index is 0.407. The molecule has 0 bridgehead atoms. The summed E-state index contributed by atoms with van der Waals surface area (Å²) >= 11 is 0. The molecule has 0 saturated carbocycles. The van der Waals surface area contributed by atoms with E-state index in [1.54, 1.807) is 0 Å². The molecule has 0 aliphatic heterocycles. The minimum atomic E-state index is 0.407. The SMILES string of the molecule is C=C(C)c1cc2cnc(Nc3ccc(C)cn3)nc2n1C(CC)CCC. The predicted octanol–water partition coefficient (Wildman–Crippen LogP) is 5.66. The molecule has 0 radical (unpaired) electrons. The van der Waals surface area contributed by atoms with Crippen molar-refractivity contribution < 1.29 is 0 Å². The maximum absolute atomic E-state index is 4.81. The van der Waals surface area contributed by atoms with E-state index in [1.165, 1.54) is 0 Å². The number of aryl methyl sites for hydroxylation is 1. The second kappa shape index (κ2) is 7.68. The lowest BCUT2D eigenvalue weighted by atomic mass is 10.1. The molecule has 3 rings (SSSR count). The third kappa shape index (κ3) is 3.62. The molecule has 0 fully saturated rings. The van der Waals surface area contributed by atoms with Crippen LogP contribution in [0.5, 0.6) is 0 Å². The Labute approximate surface area is 155 Å². The van der Waals surface area contributed by atoms with Crippen LogP contribution in [0.2, 0.25) is 0 Å². The third-order valence-electron chi connectivity index (χ3n) is 4.62. The van der Waals surface area contributed by atoms with Gasteiger partial charge in [-0.3, -0.25) is 0 Å². The molecule has 3 aromatic heterocycles. The highest BCUT2D eigenvalue weighted by atomic mass is 15.2. The lowest BCUT2D eigenvalue weighted by molar-refractivity contribution is 0.455. The normalized spacial score (nSPS) is 12.3. The van der Waals surface area contributed by atoms with Gasteiger partial charge in [-0.15, -0.1) is 0 Å². The molecule has 26 heavy (non-hydrogen) atoms. The highest BCUT2D eigenvalue weighted by Gasteiger charge is 2.18. The summed E-state index contributed by atoms with van der Waals surface area (Å²) in [7, 11) is 0. The Morgan fingerprint density at radius 2 is 2.04 bits per heavy atom. The van der Waals surface area contributed by atoms with Crippen molar-refractivity contribution in [3.8, 4) is 0 Å². The van der Waals surface area contributed by atoms with Gasteiger partial charge in [0.15, 0.2) is 0 Å². The van der Waals surface area contributed by atoms with Crippen LogP contribution in [0.1, 0.15) is 57.3 Å². The van der Waals surface area contributed by atoms with Gasteiger partial charge in [0.1, 0.15) is 11.5 Å². The van der Waals surface area contributed by atoms with Crippen LogP contribution >= 0.6 is 0 Å². The summed E-state index contributed by atoms with van der Waals surface area (Å²) in [5.41, 5.74) is 4.26. The first-order valence-corrected chi connectivity index (χ1v) is 9.27. The summed E-state index contributed by atoms with van der Waals surface area (Å²) in [6.07, 6.45) is 7.02. The van der Waals surface area contributed by atoms with Crippen molar-refractivity contribution in [2.24, 2.45) is 0 Å². The van der Waals surface area contributed by atoms with Crippen molar-refractivity contribution in [3.63, 3.8) is 0 Å². The fourth-order valence-electron chi connectivity index (χ4n) is 3.27. The average Bonchev–Trinajstić information content (AvgIpc) is 3.00. The molecule has 3 aromatic rings. The molecule has 0 aliphatic carbocycles. The number of nitrogens with one attached hydrogen (secondary N) is 1. The molecule has 1 unspecified atom stereocenters. The van der Waals surface area contributed by atoms with E-state index in [2.05, 4.69) is 46.3 Å². The number of allylic oxidation sites excluding steroid dienone is 1. The summed E-state index contributed by atoms with van der Waals surface area (Å²) in [5.74, 6) is 1.31. The fraction of sp³-hybridized carbons (Fsp3) is 0.381. The fourth-order valence-corrected chi connectivity index (χ4v) is 3.27. The molecular formula is C21H27N5. The van der Waals surface area contributed by atoms with Crippen molar-refractivity contribution in [1.82, 2.24) is 19.5 Å². The Balaban J connectivity index is 2.06. The molecule has 136 valence electrons. The van der Waals surface area contributed by atoms with Gasteiger partial charge in [0, 0.05) is 29.5 Å². The molecule has 0 amide bonds. The first kappa shape index (κ1) is 18.1. The van der Waals surface area contributed by atoms with Gasteiger partial charge in [-0.1, -0.05) is 32.9 Å². The van der Waals surface area contributed by atoms with Crippen molar-refractivity contribution in [1.29, 1.82) is 0 Å². The van der Waals surface area contributed by atoms with Crippen LogP contribution < -0.4 is 5.32 Å². The van der Waals surface area contributed by atoms with Crippen LogP contribution in [0.4, 0.5) is 11.8 Å². The molecule has 0 aliphatic rings. The van der Waals surface area contributed by atoms with Crippen molar-refractivity contribution in [3.05, 3.63) is 48.4 Å². The summed E-state index contributed by atoms with van der Waals surface area (Å²) in [6.45, 7) is 12.7. The van der Waals surface area contributed by atoms with Gasteiger partial charge in [0.25, 0.3) is 0 Å². The summed E-state index contributed by atoms with van der Waals surface area (Å²) in [6, 6.07) is 6.51. The Morgan fingerprint density at radius 3 is 2.65 bits per heavy atom. The highest BCUT2D eigenvalue weighted by Crippen LogP contribution is 2.31. The molecule has 1 atom stereocenters. The molecule has 0 saturated heterocycles. The largest absolute Gasteiger partial charge is 0.322 e. The van der Waals surface area contributed by atoms with Crippen LogP contribution in [0.25, 0.3) is 16.6 Å². The van der Waals surface area contributed by atoms with Crippen molar-refractivity contribution in [2.75, 3.05) is 5.32 Å². The minimum Gasteiger partial charge on any atom is -0.322 e. The third-order valence-corrected chi connectivity index (χ3v) is 4.62. The highest BCUT2D eigenvalue weighted by molar-refractivity contribution is 5.83. The topological polar surface area (TPSA) is 55.6 Å². The molecule has 3 heterocycles. The summed E-state index contributed by atoms with van der Waals surface area (Å²) in [5, 5.41) is 4.25. The van der Waals surface area contributed by atoms with Crippen LogP contribution in [-0.2, 0) is 0 Å². The predicted molar refractivity (Wildman–Crippen MR) is 109 cm³/mol. The molecule has 1 N–H and O–H groups in total. The van der Waals surface area contributed by atoms with Gasteiger partial charge < -0.3 is 9.88 Å². The Bertz CT molecular complexity index is 908. The smallest absolute Gasteiger partial charge is 0.230 e. The summed E-state index contributed by atoms with van der Waals surface area (Å²) in [4.78, 5) is 13.6. The standard InChI is InChI=1S/C21H27N5/c1-6-8-17(7-2)26-18(14(3)4)11-16-13-23-21(25-20(16)26)24-19-10-9-15(5)12-22-19/h9-13,17H,3,6-8H2,1-2,4-5H3,(H,22,23,24,25). The average molecular weight is 349 g/mol. The van der Waals surface area contributed by atoms with Crippen LogP contribution in [0, 0.1) is 6.92 Å². The molecule has 5 nitrogen and oxygen atoms in total. The zero-order valence-corrected chi connectivity index (χ0v) is 16.1. The van der Waals surface area contributed by atoms with E-state index in [0.29, 0.717) is 12.0 Å². The number of aromatic nitrogens is 4. The number of anilines is 2.